The third-order valence-electron chi connectivity index (χ3n) is 2.98. The zero-order valence-electron chi connectivity index (χ0n) is 12.7. The van der Waals surface area contributed by atoms with Gasteiger partial charge in [0.15, 0.2) is 6.61 Å². The predicted molar refractivity (Wildman–Crippen MR) is 80.3 cm³/mol. The molecule has 0 spiro atoms. The van der Waals surface area contributed by atoms with E-state index in [1.165, 1.54) is 18.2 Å². The lowest BCUT2D eigenvalue weighted by atomic mass is 10.0. The van der Waals surface area contributed by atoms with Crippen LogP contribution in [0.3, 0.4) is 0 Å². The third kappa shape index (κ3) is 6.74. The van der Waals surface area contributed by atoms with E-state index in [1.807, 2.05) is 6.92 Å². The minimum absolute atomic E-state index is 0.0572. The van der Waals surface area contributed by atoms with E-state index >= 15 is 0 Å². The Morgan fingerprint density at radius 2 is 2.05 bits per heavy atom. The summed E-state index contributed by atoms with van der Waals surface area (Å²) in [5.74, 6) is 0.692. The Bertz CT molecular complexity index is 488. The molecule has 1 atom stereocenters. The van der Waals surface area contributed by atoms with Crippen molar-refractivity contribution >= 4 is 11.6 Å². The van der Waals surface area contributed by atoms with Crippen LogP contribution in [0.25, 0.3) is 0 Å². The monoisotopic (exact) mass is 294 g/mol. The molecule has 1 amide bonds. The molecule has 6 heteroatoms. The van der Waals surface area contributed by atoms with E-state index in [0.717, 1.165) is 12.8 Å². The summed E-state index contributed by atoms with van der Waals surface area (Å²) in [6.07, 6.45) is 1.97. The van der Waals surface area contributed by atoms with Crippen molar-refractivity contribution in [1.29, 1.82) is 0 Å². The van der Waals surface area contributed by atoms with E-state index in [-0.39, 0.29) is 24.2 Å². The number of nitro groups is 1. The number of hydrogen-bond donors (Lipinski definition) is 1. The Balaban J connectivity index is 2.39. The first-order valence-corrected chi connectivity index (χ1v) is 7.05. The first-order chi connectivity index (χ1) is 9.88. The molecule has 6 nitrogen and oxygen atoms in total. The molecule has 116 valence electrons. The number of rotatable bonds is 8. The van der Waals surface area contributed by atoms with Crippen molar-refractivity contribution in [3.05, 3.63) is 34.4 Å². The van der Waals surface area contributed by atoms with Crippen LogP contribution in [-0.4, -0.2) is 23.5 Å². The number of non-ortho nitro benzene ring substituents is 1. The topological polar surface area (TPSA) is 81.5 Å². The highest BCUT2D eigenvalue weighted by Gasteiger charge is 2.10. The first-order valence-electron chi connectivity index (χ1n) is 7.05. The molecule has 0 fully saturated rings. The third-order valence-corrected chi connectivity index (χ3v) is 2.98. The zero-order valence-corrected chi connectivity index (χ0v) is 12.7. The van der Waals surface area contributed by atoms with E-state index in [2.05, 4.69) is 19.2 Å². The summed E-state index contributed by atoms with van der Waals surface area (Å²) in [6, 6.07) is 5.88. The van der Waals surface area contributed by atoms with Crippen molar-refractivity contribution in [1.82, 2.24) is 5.32 Å². The molecule has 1 aromatic rings. The highest BCUT2D eigenvalue weighted by atomic mass is 16.6. The van der Waals surface area contributed by atoms with Gasteiger partial charge in [-0.05, 0) is 31.7 Å². The normalized spacial score (nSPS) is 12.0. The number of nitrogens with one attached hydrogen (secondary N) is 1. The van der Waals surface area contributed by atoms with Crippen molar-refractivity contribution in [3.63, 3.8) is 0 Å². The van der Waals surface area contributed by atoms with Crippen LogP contribution in [-0.2, 0) is 4.79 Å². The van der Waals surface area contributed by atoms with E-state index in [0.29, 0.717) is 11.7 Å². The van der Waals surface area contributed by atoms with Crippen LogP contribution in [0.4, 0.5) is 5.69 Å². The van der Waals surface area contributed by atoms with E-state index in [4.69, 9.17) is 4.74 Å². The second-order valence-electron chi connectivity index (χ2n) is 5.48. The summed E-state index contributed by atoms with van der Waals surface area (Å²) in [5.41, 5.74) is -0.0572. The smallest absolute Gasteiger partial charge is 0.273 e. The van der Waals surface area contributed by atoms with Crippen LogP contribution in [0, 0.1) is 16.0 Å². The molecule has 0 aromatic heterocycles. The average molecular weight is 294 g/mol. The van der Waals surface area contributed by atoms with Gasteiger partial charge in [0.1, 0.15) is 5.75 Å². The number of carbonyl (C=O) groups excluding carboxylic acids is 1. The van der Waals surface area contributed by atoms with Gasteiger partial charge in [-0.3, -0.25) is 14.9 Å². The molecule has 0 unspecified atom stereocenters. The number of hydrogen-bond acceptors (Lipinski definition) is 4. The highest BCUT2D eigenvalue weighted by Crippen LogP contribution is 2.18. The SMILES string of the molecule is CC(C)CC[C@@H](C)NC(=O)COc1cccc([N+](=O)[O-])c1. The largest absolute Gasteiger partial charge is 0.484 e. The predicted octanol–water partition coefficient (Wildman–Crippen LogP) is 2.91. The van der Waals surface area contributed by atoms with Crippen molar-refractivity contribution in [2.24, 2.45) is 5.92 Å². The van der Waals surface area contributed by atoms with Gasteiger partial charge in [-0.1, -0.05) is 19.9 Å². The number of benzene rings is 1. The Labute approximate surface area is 124 Å². The van der Waals surface area contributed by atoms with Crippen molar-refractivity contribution < 1.29 is 14.5 Å². The molecule has 1 rings (SSSR count). The number of amides is 1. The molecular formula is C15H22N2O4. The fourth-order valence-electron chi connectivity index (χ4n) is 1.81. The summed E-state index contributed by atoms with van der Waals surface area (Å²) in [6.45, 7) is 6.08. The van der Waals surface area contributed by atoms with Crippen LogP contribution in [0.1, 0.15) is 33.6 Å². The maximum absolute atomic E-state index is 11.7. The first kappa shape index (κ1) is 16.9. The lowest BCUT2D eigenvalue weighted by Crippen LogP contribution is -2.36. The molecule has 1 aromatic carbocycles. The van der Waals surface area contributed by atoms with Gasteiger partial charge >= 0.3 is 0 Å². The second kappa shape index (κ2) is 8.24. The van der Waals surface area contributed by atoms with Gasteiger partial charge in [-0.15, -0.1) is 0 Å². The maximum Gasteiger partial charge on any atom is 0.273 e. The number of carbonyl (C=O) groups is 1. The molecule has 0 aliphatic carbocycles. The fourth-order valence-corrected chi connectivity index (χ4v) is 1.81. The molecule has 1 N–H and O–H groups in total. The van der Waals surface area contributed by atoms with Crippen LogP contribution in [0.5, 0.6) is 5.75 Å². The van der Waals surface area contributed by atoms with E-state index < -0.39 is 4.92 Å². The van der Waals surface area contributed by atoms with Crippen LogP contribution in [0.2, 0.25) is 0 Å². The Hall–Kier alpha value is -2.11. The maximum atomic E-state index is 11.7. The minimum Gasteiger partial charge on any atom is -0.484 e. The number of nitro benzene ring substituents is 1. The molecule has 0 saturated carbocycles. The van der Waals surface area contributed by atoms with E-state index in [1.54, 1.807) is 6.07 Å². The van der Waals surface area contributed by atoms with Crippen molar-refractivity contribution in [3.8, 4) is 5.75 Å². The molecule has 0 radical (unpaired) electrons. The Morgan fingerprint density at radius 3 is 2.67 bits per heavy atom. The van der Waals surface area contributed by atoms with Gasteiger partial charge in [-0.2, -0.15) is 0 Å². The molecule has 0 aliphatic rings. The molecule has 0 aliphatic heterocycles. The standard InChI is InChI=1S/C15H22N2O4/c1-11(2)7-8-12(3)16-15(18)10-21-14-6-4-5-13(9-14)17(19)20/h4-6,9,11-12H,7-8,10H2,1-3H3,(H,16,18)/t12-/m1/s1. The second-order valence-corrected chi connectivity index (χ2v) is 5.48. The summed E-state index contributed by atoms with van der Waals surface area (Å²) in [4.78, 5) is 21.9. The Morgan fingerprint density at radius 1 is 1.33 bits per heavy atom. The Kier molecular flexibility index (Phi) is 6.65. The summed E-state index contributed by atoms with van der Waals surface area (Å²) in [5, 5.41) is 13.5. The van der Waals surface area contributed by atoms with Gasteiger partial charge in [-0.25, -0.2) is 0 Å². The lowest BCUT2D eigenvalue weighted by Gasteiger charge is -2.15. The van der Waals surface area contributed by atoms with Gasteiger partial charge in [0.05, 0.1) is 11.0 Å². The van der Waals surface area contributed by atoms with Crippen LogP contribution < -0.4 is 10.1 Å². The average Bonchev–Trinajstić information content (AvgIpc) is 2.43. The van der Waals surface area contributed by atoms with Crippen LogP contribution in [0.15, 0.2) is 24.3 Å². The summed E-state index contributed by atoms with van der Waals surface area (Å²) >= 11 is 0. The molecule has 0 saturated heterocycles. The van der Waals surface area contributed by atoms with Crippen molar-refractivity contribution in [2.75, 3.05) is 6.61 Å². The molecular weight excluding hydrogens is 272 g/mol. The lowest BCUT2D eigenvalue weighted by molar-refractivity contribution is -0.384. The fraction of sp³-hybridized carbons (Fsp3) is 0.533. The van der Waals surface area contributed by atoms with Crippen molar-refractivity contribution in [2.45, 2.75) is 39.7 Å². The van der Waals surface area contributed by atoms with Gasteiger partial charge in [0.25, 0.3) is 11.6 Å². The van der Waals surface area contributed by atoms with Gasteiger partial charge in [0.2, 0.25) is 0 Å². The van der Waals surface area contributed by atoms with Gasteiger partial charge < -0.3 is 10.1 Å². The molecule has 21 heavy (non-hydrogen) atoms. The number of ether oxygens (including phenoxy) is 1. The number of nitrogens with zero attached hydrogens (tertiary/aromatic N) is 1. The van der Waals surface area contributed by atoms with Gasteiger partial charge in [0, 0.05) is 12.1 Å². The molecule has 0 bridgehead atoms. The minimum atomic E-state index is -0.499. The molecule has 0 heterocycles. The van der Waals surface area contributed by atoms with E-state index in [9.17, 15) is 14.9 Å². The summed E-state index contributed by atoms with van der Waals surface area (Å²) < 4.78 is 5.27. The summed E-state index contributed by atoms with van der Waals surface area (Å²) in [7, 11) is 0. The quantitative estimate of drug-likeness (QED) is 0.590. The zero-order chi connectivity index (χ0) is 15.8. The van der Waals surface area contributed by atoms with Crippen LogP contribution >= 0.6 is 0 Å². The highest BCUT2D eigenvalue weighted by molar-refractivity contribution is 5.77.